The van der Waals surface area contributed by atoms with Crippen LogP contribution in [-0.2, 0) is 14.3 Å². The molecule has 0 aliphatic carbocycles. The molecule has 0 unspecified atom stereocenters. The SMILES string of the molecule is COC(=O)c1ccccc1NC(=O)[C@@H]1CC(=O)Nc2c(C)c(-c3ccc(Cl)cc3)nn21. The van der Waals surface area contributed by atoms with E-state index >= 15 is 0 Å². The second-order valence-electron chi connectivity index (χ2n) is 7.07. The van der Waals surface area contributed by atoms with Gasteiger partial charge in [0.25, 0.3) is 0 Å². The van der Waals surface area contributed by atoms with Crippen LogP contribution in [0.25, 0.3) is 11.3 Å². The van der Waals surface area contributed by atoms with E-state index in [-0.39, 0.29) is 17.9 Å². The third-order valence-corrected chi connectivity index (χ3v) is 5.34. The normalized spacial score (nSPS) is 15.1. The van der Waals surface area contributed by atoms with E-state index in [9.17, 15) is 14.4 Å². The topological polar surface area (TPSA) is 102 Å². The van der Waals surface area contributed by atoms with Crippen molar-refractivity contribution in [2.45, 2.75) is 19.4 Å². The molecule has 2 amide bonds. The lowest BCUT2D eigenvalue weighted by Gasteiger charge is -2.24. The molecule has 31 heavy (non-hydrogen) atoms. The van der Waals surface area contributed by atoms with Crippen LogP contribution in [-0.4, -0.2) is 34.7 Å². The molecule has 0 saturated heterocycles. The maximum atomic E-state index is 13.1. The number of methoxy groups -OCH3 is 1. The highest BCUT2D eigenvalue weighted by Gasteiger charge is 2.34. The van der Waals surface area contributed by atoms with Crippen LogP contribution in [0.5, 0.6) is 0 Å². The van der Waals surface area contributed by atoms with Gasteiger partial charge in [0.1, 0.15) is 11.9 Å². The first-order valence-corrected chi connectivity index (χ1v) is 9.90. The van der Waals surface area contributed by atoms with Crippen LogP contribution in [0.3, 0.4) is 0 Å². The van der Waals surface area contributed by atoms with Gasteiger partial charge < -0.3 is 15.4 Å². The molecule has 0 radical (unpaired) electrons. The van der Waals surface area contributed by atoms with E-state index < -0.39 is 17.9 Å². The fourth-order valence-electron chi connectivity index (χ4n) is 3.52. The van der Waals surface area contributed by atoms with Crippen molar-refractivity contribution < 1.29 is 19.1 Å². The highest BCUT2D eigenvalue weighted by atomic mass is 35.5. The predicted octanol–water partition coefficient (Wildman–Crippen LogP) is 3.82. The van der Waals surface area contributed by atoms with E-state index in [4.69, 9.17) is 16.3 Å². The summed E-state index contributed by atoms with van der Waals surface area (Å²) in [5.74, 6) is -0.863. The quantitative estimate of drug-likeness (QED) is 0.603. The molecule has 2 aromatic carbocycles. The lowest BCUT2D eigenvalue weighted by atomic mass is 10.1. The van der Waals surface area contributed by atoms with Gasteiger partial charge in [-0.15, -0.1) is 0 Å². The Hall–Kier alpha value is -3.65. The van der Waals surface area contributed by atoms with Gasteiger partial charge in [0, 0.05) is 16.1 Å². The lowest BCUT2D eigenvalue weighted by molar-refractivity contribution is -0.125. The lowest BCUT2D eigenvalue weighted by Crippen LogP contribution is -2.36. The van der Waals surface area contributed by atoms with Gasteiger partial charge in [-0.3, -0.25) is 9.59 Å². The number of amides is 2. The largest absolute Gasteiger partial charge is 0.465 e. The number of aromatic nitrogens is 2. The van der Waals surface area contributed by atoms with Gasteiger partial charge in [0.05, 0.1) is 30.5 Å². The van der Waals surface area contributed by atoms with Crippen LogP contribution >= 0.6 is 11.6 Å². The minimum Gasteiger partial charge on any atom is -0.465 e. The highest BCUT2D eigenvalue weighted by molar-refractivity contribution is 6.30. The maximum absolute atomic E-state index is 13.1. The molecule has 0 spiro atoms. The number of nitrogens with one attached hydrogen (secondary N) is 2. The van der Waals surface area contributed by atoms with Gasteiger partial charge in [-0.1, -0.05) is 35.9 Å². The second-order valence-corrected chi connectivity index (χ2v) is 7.50. The molecule has 1 aliphatic heterocycles. The molecule has 1 aliphatic rings. The average Bonchev–Trinajstić information content (AvgIpc) is 3.10. The summed E-state index contributed by atoms with van der Waals surface area (Å²) >= 11 is 5.98. The van der Waals surface area contributed by atoms with E-state index in [2.05, 4.69) is 15.7 Å². The number of para-hydroxylation sites is 1. The summed E-state index contributed by atoms with van der Waals surface area (Å²) in [6.45, 7) is 1.83. The molecule has 4 rings (SSSR count). The van der Waals surface area contributed by atoms with Gasteiger partial charge in [-0.25, -0.2) is 9.48 Å². The van der Waals surface area contributed by atoms with Crippen molar-refractivity contribution in [3.63, 3.8) is 0 Å². The standard InChI is InChI=1S/C22H19ClN4O4/c1-12-19(13-7-9-14(23)10-8-13)26-27-17(11-18(28)25-20(12)27)21(29)24-16-6-4-3-5-15(16)22(30)31-2/h3-10,17H,11H2,1-2H3,(H,24,29)(H,25,28)/t17-/m0/s1. The molecule has 158 valence electrons. The molecule has 2 N–H and O–H groups in total. The fraction of sp³-hybridized carbons (Fsp3) is 0.182. The van der Waals surface area contributed by atoms with Gasteiger partial charge in [0.2, 0.25) is 11.8 Å². The zero-order chi connectivity index (χ0) is 22.1. The monoisotopic (exact) mass is 438 g/mol. The van der Waals surface area contributed by atoms with Crippen LogP contribution < -0.4 is 10.6 Å². The molecular weight excluding hydrogens is 420 g/mol. The molecule has 1 atom stereocenters. The van der Waals surface area contributed by atoms with Crippen molar-refractivity contribution in [1.29, 1.82) is 0 Å². The third-order valence-electron chi connectivity index (χ3n) is 5.09. The summed E-state index contributed by atoms with van der Waals surface area (Å²) in [4.78, 5) is 37.5. The number of halogens is 1. The predicted molar refractivity (Wildman–Crippen MR) is 116 cm³/mol. The molecule has 8 nitrogen and oxygen atoms in total. The van der Waals surface area contributed by atoms with Crippen molar-refractivity contribution in [2.75, 3.05) is 17.7 Å². The molecule has 0 fully saturated rings. The van der Waals surface area contributed by atoms with Gasteiger partial charge in [-0.05, 0) is 31.2 Å². The summed E-state index contributed by atoms with van der Waals surface area (Å²) in [6, 6.07) is 12.8. The number of nitrogens with zero attached hydrogens (tertiary/aromatic N) is 2. The van der Waals surface area contributed by atoms with Gasteiger partial charge >= 0.3 is 5.97 Å². The summed E-state index contributed by atoms with van der Waals surface area (Å²) in [5, 5.41) is 10.7. The number of benzene rings is 2. The van der Waals surface area contributed by atoms with Crippen molar-refractivity contribution in [1.82, 2.24) is 9.78 Å². The zero-order valence-electron chi connectivity index (χ0n) is 16.8. The number of esters is 1. The third kappa shape index (κ3) is 3.89. The van der Waals surface area contributed by atoms with Crippen LogP contribution in [0.2, 0.25) is 5.02 Å². The van der Waals surface area contributed by atoms with Crippen LogP contribution in [0.4, 0.5) is 11.5 Å². The number of carbonyl (C=O) groups excluding carboxylic acids is 3. The summed E-state index contributed by atoms with van der Waals surface area (Å²) in [6.07, 6.45) is -0.0829. The van der Waals surface area contributed by atoms with E-state index in [0.29, 0.717) is 22.2 Å². The first kappa shape index (κ1) is 20.6. The Morgan fingerprint density at radius 3 is 2.61 bits per heavy atom. The molecule has 3 aromatic rings. The van der Waals surface area contributed by atoms with Crippen LogP contribution in [0.1, 0.15) is 28.4 Å². The van der Waals surface area contributed by atoms with Crippen LogP contribution in [0.15, 0.2) is 48.5 Å². The van der Waals surface area contributed by atoms with Crippen molar-refractivity contribution >= 4 is 40.9 Å². The Morgan fingerprint density at radius 1 is 1.19 bits per heavy atom. The van der Waals surface area contributed by atoms with Crippen molar-refractivity contribution in [3.8, 4) is 11.3 Å². The molecule has 9 heteroatoms. The van der Waals surface area contributed by atoms with E-state index in [1.54, 1.807) is 36.4 Å². The number of hydrogen-bond donors (Lipinski definition) is 2. The maximum Gasteiger partial charge on any atom is 0.339 e. The zero-order valence-corrected chi connectivity index (χ0v) is 17.6. The number of fused-ring (bicyclic) bond motifs is 1. The Balaban J connectivity index is 1.69. The van der Waals surface area contributed by atoms with Crippen molar-refractivity contribution in [2.24, 2.45) is 0 Å². The van der Waals surface area contributed by atoms with E-state index in [0.717, 1.165) is 11.1 Å². The smallest absolute Gasteiger partial charge is 0.339 e. The summed E-state index contributed by atoms with van der Waals surface area (Å²) < 4.78 is 6.28. The first-order chi connectivity index (χ1) is 14.9. The fourth-order valence-corrected chi connectivity index (χ4v) is 3.65. The van der Waals surface area contributed by atoms with E-state index in [1.807, 2.05) is 19.1 Å². The number of hydrogen-bond acceptors (Lipinski definition) is 5. The Kier molecular flexibility index (Phi) is 5.48. The Morgan fingerprint density at radius 2 is 1.90 bits per heavy atom. The molecular formula is C22H19ClN4O4. The molecule has 0 bridgehead atoms. The minimum atomic E-state index is -0.880. The number of rotatable bonds is 4. The van der Waals surface area contributed by atoms with Gasteiger partial charge in [-0.2, -0.15) is 5.10 Å². The molecule has 1 aromatic heterocycles. The van der Waals surface area contributed by atoms with Gasteiger partial charge in [0.15, 0.2) is 0 Å². The Labute approximate surface area is 183 Å². The average molecular weight is 439 g/mol. The highest BCUT2D eigenvalue weighted by Crippen LogP contribution is 2.35. The van der Waals surface area contributed by atoms with Crippen LogP contribution in [0, 0.1) is 6.92 Å². The van der Waals surface area contributed by atoms with Crippen molar-refractivity contribution in [3.05, 3.63) is 64.7 Å². The molecule has 2 heterocycles. The minimum absolute atomic E-state index is 0.0829. The molecule has 0 saturated carbocycles. The van der Waals surface area contributed by atoms with E-state index in [1.165, 1.54) is 11.8 Å². The number of carbonyl (C=O) groups is 3. The number of ether oxygens (including phenoxy) is 1. The summed E-state index contributed by atoms with van der Waals surface area (Å²) in [5.41, 5.74) is 2.71. The Bertz CT molecular complexity index is 1190. The summed E-state index contributed by atoms with van der Waals surface area (Å²) in [7, 11) is 1.27. The second kappa shape index (κ2) is 8.23. The number of anilines is 2. The first-order valence-electron chi connectivity index (χ1n) is 9.52.